The third-order valence-electron chi connectivity index (χ3n) is 3.25. The maximum absolute atomic E-state index is 12.8. The number of carbonyl (C=O) groups is 1. The summed E-state index contributed by atoms with van der Waals surface area (Å²) in [6, 6.07) is 3.70. The summed E-state index contributed by atoms with van der Waals surface area (Å²) in [5, 5.41) is 5.70. The number of benzene rings is 1. The molecular weight excluding hydrogens is 373 g/mol. The molecule has 8 heteroatoms. The molecule has 0 radical (unpaired) electrons. The van der Waals surface area contributed by atoms with Gasteiger partial charge >= 0.3 is 6.18 Å². The Morgan fingerprint density at radius 1 is 1.29 bits per heavy atom. The third-order valence-corrected chi connectivity index (χ3v) is 3.94. The van der Waals surface area contributed by atoms with Gasteiger partial charge in [-0.3, -0.25) is 4.79 Å². The van der Waals surface area contributed by atoms with Gasteiger partial charge in [0.25, 0.3) is 0 Å². The maximum atomic E-state index is 12.8. The zero-order valence-corrected chi connectivity index (χ0v) is 13.4. The number of hydrogen-bond acceptors (Lipinski definition) is 2. The van der Waals surface area contributed by atoms with Crippen molar-refractivity contribution in [2.24, 2.45) is 5.92 Å². The van der Waals surface area contributed by atoms with Crippen molar-refractivity contribution in [2.45, 2.75) is 19.0 Å². The Morgan fingerprint density at radius 3 is 2.48 bits per heavy atom. The van der Waals surface area contributed by atoms with Crippen LogP contribution in [0.4, 0.5) is 18.9 Å². The van der Waals surface area contributed by atoms with Gasteiger partial charge in [0.2, 0.25) is 5.91 Å². The van der Waals surface area contributed by atoms with Crippen LogP contribution < -0.4 is 10.6 Å². The average molecular weight is 388 g/mol. The van der Waals surface area contributed by atoms with E-state index in [4.69, 9.17) is 0 Å². The highest BCUT2D eigenvalue weighted by molar-refractivity contribution is 9.10. The quantitative estimate of drug-likeness (QED) is 0.810. The number of anilines is 1. The molecule has 0 atom stereocenters. The Bertz CT molecular complexity index is 505. The molecule has 21 heavy (non-hydrogen) atoms. The monoisotopic (exact) mass is 386 g/mol. The second-order valence-corrected chi connectivity index (χ2v) is 5.56. The van der Waals surface area contributed by atoms with Gasteiger partial charge in [-0.2, -0.15) is 13.2 Å². The molecule has 3 nitrogen and oxygen atoms in total. The van der Waals surface area contributed by atoms with E-state index in [0.717, 1.165) is 19.2 Å². The number of alkyl halides is 3. The van der Waals surface area contributed by atoms with Crippen molar-refractivity contribution < 1.29 is 18.0 Å². The highest BCUT2D eigenvalue weighted by Gasteiger charge is 2.33. The first kappa shape index (κ1) is 18.3. The van der Waals surface area contributed by atoms with Crippen LogP contribution in [0.2, 0.25) is 0 Å². The molecule has 0 spiro atoms. The van der Waals surface area contributed by atoms with Crippen LogP contribution in [0, 0.1) is 5.92 Å². The van der Waals surface area contributed by atoms with E-state index in [9.17, 15) is 18.0 Å². The lowest BCUT2D eigenvalue weighted by Gasteiger charge is -2.22. The van der Waals surface area contributed by atoms with Crippen LogP contribution in [0.1, 0.15) is 18.4 Å². The molecule has 2 N–H and O–H groups in total. The first-order valence-corrected chi connectivity index (χ1v) is 7.05. The second kappa shape index (κ2) is 7.47. The normalized spacial score (nSPS) is 16.2. The van der Waals surface area contributed by atoms with E-state index in [1.54, 1.807) is 0 Å². The molecule has 1 aliphatic rings. The maximum Gasteiger partial charge on any atom is 0.417 e. The number of hydrogen-bond donors (Lipinski definition) is 2. The minimum Gasteiger partial charge on any atom is -0.326 e. The lowest BCUT2D eigenvalue weighted by Crippen LogP contribution is -2.34. The minimum absolute atomic E-state index is 0. The van der Waals surface area contributed by atoms with Crippen LogP contribution >= 0.6 is 28.3 Å². The molecule has 1 aromatic carbocycles. The topological polar surface area (TPSA) is 41.1 Å². The predicted molar refractivity (Wildman–Crippen MR) is 80.6 cm³/mol. The van der Waals surface area contributed by atoms with Gasteiger partial charge in [-0.05, 0) is 44.1 Å². The number of nitrogens with one attached hydrogen (secondary N) is 2. The van der Waals surface area contributed by atoms with Gasteiger partial charge in [-0.25, -0.2) is 0 Å². The van der Waals surface area contributed by atoms with Gasteiger partial charge in [0.15, 0.2) is 0 Å². The fourth-order valence-corrected chi connectivity index (χ4v) is 2.62. The SMILES string of the molecule is Cl.O=C(Nc1ccc(Br)c(C(F)(F)F)c1)C1CCNCC1. The van der Waals surface area contributed by atoms with Crippen LogP contribution in [0.25, 0.3) is 0 Å². The first-order chi connectivity index (χ1) is 9.38. The molecule has 1 aromatic rings. The van der Waals surface area contributed by atoms with Crippen molar-refractivity contribution in [3.05, 3.63) is 28.2 Å². The Hall–Kier alpha value is -0.790. The first-order valence-electron chi connectivity index (χ1n) is 6.26. The van der Waals surface area contributed by atoms with Gasteiger partial charge in [0.05, 0.1) is 5.56 Å². The summed E-state index contributed by atoms with van der Waals surface area (Å²) in [6.07, 6.45) is -3.04. The van der Waals surface area contributed by atoms with E-state index >= 15 is 0 Å². The summed E-state index contributed by atoms with van der Waals surface area (Å²) in [5.74, 6) is -0.365. The van der Waals surface area contributed by atoms with E-state index < -0.39 is 11.7 Å². The summed E-state index contributed by atoms with van der Waals surface area (Å²) in [6.45, 7) is 1.51. The van der Waals surface area contributed by atoms with Crippen molar-refractivity contribution in [2.75, 3.05) is 18.4 Å². The largest absolute Gasteiger partial charge is 0.417 e. The van der Waals surface area contributed by atoms with Crippen LogP contribution in [0.5, 0.6) is 0 Å². The smallest absolute Gasteiger partial charge is 0.326 e. The van der Waals surface area contributed by atoms with E-state index in [-0.39, 0.29) is 34.4 Å². The van der Waals surface area contributed by atoms with Crippen LogP contribution in [-0.2, 0) is 11.0 Å². The zero-order chi connectivity index (χ0) is 14.8. The average Bonchev–Trinajstić information content (AvgIpc) is 2.40. The van der Waals surface area contributed by atoms with Gasteiger partial charge in [0, 0.05) is 16.1 Å². The molecule has 2 rings (SSSR count). The molecule has 1 amide bonds. The van der Waals surface area contributed by atoms with Crippen molar-refractivity contribution in [1.82, 2.24) is 5.32 Å². The summed E-state index contributed by atoms with van der Waals surface area (Å²) in [7, 11) is 0. The van der Waals surface area contributed by atoms with Crippen molar-refractivity contribution in [1.29, 1.82) is 0 Å². The summed E-state index contributed by atoms with van der Waals surface area (Å²) >= 11 is 2.87. The molecule has 0 bridgehead atoms. The number of piperidine rings is 1. The van der Waals surface area contributed by atoms with Crippen molar-refractivity contribution in [3.8, 4) is 0 Å². The Kier molecular flexibility index (Phi) is 6.49. The lowest BCUT2D eigenvalue weighted by molar-refractivity contribution is -0.138. The van der Waals surface area contributed by atoms with Gasteiger partial charge in [-0.15, -0.1) is 12.4 Å². The molecule has 0 aliphatic carbocycles. The number of rotatable bonds is 2. The predicted octanol–water partition coefficient (Wildman–Crippen LogP) is 3.83. The molecule has 0 unspecified atom stereocenters. The molecule has 0 saturated carbocycles. The third kappa shape index (κ3) is 4.86. The van der Waals surface area contributed by atoms with E-state index in [0.29, 0.717) is 12.8 Å². The fraction of sp³-hybridized carbons (Fsp3) is 0.462. The Morgan fingerprint density at radius 2 is 1.90 bits per heavy atom. The van der Waals surface area contributed by atoms with Crippen molar-refractivity contribution >= 4 is 39.9 Å². The zero-order valence-electron chi connectivity index (χ0n) is 11.0. The standard InChI is InChI=1S/C13H14BrF3N2O.ClH/c14-11-2-1-9(7-10(11)13(15,16)17)19-12(20)8-3-5-18-6-4-8;/h1-2,7-8,18H,3-6H2,(H,19,20);1H. The summed E-state index contributed by atoms with van der Waals surface area (Å²) in [4.78, 5) is 12.0. The lowest BCUT2D eigenvalue weighted by atomic mass is 9.97. The van der Waals surface area contributed by atoms with Crippen LogP contribution in [-0.4, -0.2) is 19.0 Å². The number of carbonyl (C=O) groups excluding carboxylic acids is 1. The minimum atomic E-state index is -4.45. The van der Waals surface area contributed by atoms with Gasteiger partial charge in [-0.1, -0.05) is 15.9 Å². The van der Waals surface area contributed by atoms with Gasteiger partial charge < -0.3 is 10.6 Å². The fourth-order valence-electron chi connectivity index (χ4n) is 2.15. The molecule has 0 aromatic heterocycles. The van der Waals surface area contributed by atoms with Crippen molar-refractivity contribution in [3.63, 3.8) is 0 Å². The summed E-state index contributed by atoms with van der Waals surface area (Å²) < 4.78 is 38.3. The molecule has 118 valence electrons. The highest BCUT2D eigenvalue weighted by atomic mass is 79.9. The van der Waals surface area contributed by atoms with E-state index in [1.165, 1.54) is 12.1 Å². The molecule has 1 heterocycles. The molecule has 1 saturated heterocycles. The highest BCUT2D eigenvalue weighted by Crippen LogP contribution is 2.36. The van der Waals surface area contributed by atoms with Gasteiger partial charge in [0.1, 0.15) is 0 Å². The number of amides is 1. The number of halogens is 5. The molecule has 1 aliphatic heterocycles. The molecular formula is C13H15BrClF3N2O. The Labute approximate surface area is 135 Å². The molecule has 1 fully saturated rings. The summed E-state index contributed by atoms with van der Waals surface area (Å²) in [5.41, 5.74) is -0.621. The van der Waals surface area contributed by atoms with Crippen LogP contribution in [0.3, 0.4) is 0 Å². The van der Waals surface area contributed by atoms with Crippen LogP contribution in [0.15, 0.2) is 22.7 Å². The Balaban J connectivity index is 0.00000220. The van der Waals surface area contributed by atoms with E-state index in [2.05, 4.69) is 26.6 Å². The second-order valence-electron chi connectivity index (χ2n) is 4.71. The van der Waals surface area contributed by atoms with E-state index in [1.807, 2.05) is 0 Å².